The summed E-state index contributed by atoms with van der Waals surface area (Å²) < 4.78 is 38.3. The third-order valence-corrected chi connectivity index (χ3v) is 2.61. The van der Waals surface area contributed by atoms with Crippen LogP contribution in [0.3, 0.4) is 0 Å². The number of amides is 1. The molecule has 0 spiro atoms. The highest BCUT2D eigenvalue weighted by Crippen LogP contribution is 2.25. The Morgan fingerprint density at radius 2 is 2.15 bits per heavy atom. The molecule has 0 aliphatic heterocycles. The molecular formula is C12H15F3N2O3. The van der Waals surface area contributed by atoms with Crippen molar-refractivity contribution in [2.24, 2.45) is 0 Å². The Morgan fingerprint density at radius 1 is 1.50 bits per heavy atom. The number of halogens is 3. The SMILES string of the molecule is C[C@H](CCO)NC(=O)Cn1cccc(C(F)(F)F)c1=O. The molecule has 1 aromatic rings. The van der Waals surface area contributed by atoms with Crippen molar-refractivity contribution in [3.8, 4) is 0 Å². The van der Waals surface area contributed by atoms with Crippen molar-refractivity contribution in [2.45, 2.75) is 32.1 Å². The predicted octanol–water partition coefficient (Wildman–Crippen LogP) is 0.754. The van der Waals surface area contributed by atoms with E-state index in [4.69, 9.17) is 5.11 Å². The van der Waals surface area contributed by atoms with Crippen LogP contribution in [0.15, 0.2) is 23.1 Å². The summed E-state index contributed by atoms with van der Waals surface area (Å²) in [5.41, 5.74) is -2.57. The van der Waals surface area contributed by atoms with Crippen LogP contribution in [0.2, 0.25) is 0 Å². The van der Waals surface area contributed by atoms with Crippen molar-refractivity contribution in [1.29, 1.82) is 0 Å². The van der Waals surface area contributed by atoms with Crippen LogP contribution in [0.4, 0.5) is 13.2 Å². The lowest BCUT2D eigenvalue weighted by Crippen LogP contribution is -2.38. The molecule has 0 saturated heterocycles. The molecule has 0 aliphatic rings. The quantitative estimate of drug-likeness (QED) is 0.841. The fourth-order valence-electron chi connectivity index (χ4n) is 1.62. The molecule has 0 saturated carbocycles. The molecule has 20 heavy (non-hydrogen) atoms. The number of aromatic nitrogens is 1. The lowest BCUT2D eigenvalue weighted by Gasteiger charge is -2.14. The van der Waals surface area contributed by atoms with Gasteiger partial charge in [-0.05, 0) is 25.5 Å². The van der Waals surface area contributed by atoms with Crippen molar-refractivity contribution in [2.75, 3.05) is 6.61 Å². The molecule has 8 heteroatoms. The molecule has 1 aromatic heterocycles. The topological polar surface area (TPSA) is 71.3 Å². The number of hydrogen-bond acceptors (Lipinski definition) is 3. The first-order chi connectivity index (χ1) is 9.25. The minimum absolute atomic E-state index is 0.120. The van der Waals surface area contributed by atoms with Crippen LogP contribution in [-0.2, 0) is 17.5 Å². The molecule has 1 amide bonds. The van der Waals surface area contributed by atoms with E-state index in [1.807, 2.05) is 0 Å². The maximum Gasteiger partial charge on any atom is 0.421 e. The summed E-state index contributed by atoms with van der Waals surface area (Å²) in [6.07, 6.45) is -3.31. The Balaban J connectivity index is 2.84. The number of aliphatic hydroxyl groups excluding tert-OH is 1. The van der Waals surface area contributed by atoms with Gasteiger partial charge in [-0.15, -0.1) is 0 Å². The summed E-state index contributed by atoms with van der Waals surface area (Å²) in [6.45, 7) is 1.02. The first kappa shape index (κ1) is 16.2. The summed E-state index contributed by atoms with van der Waals surface area (Å²) in [7, 11) is 0. The summed E-state index contributed by atoms with van der Waals surface area (Å²) in [4.78, 5) is 23.2. The summed E-state index contributed by atoms with van der Waals surface area (Å²) >= 11 is 0. The Kier molecular flexibility index (Phi) is 5.32. The predicted molar refractivity (Wildman–Crippen MR) is 65.0 cm³/mol. The zero-order valence-electron chi connectivity index (χ0n) is 10.8. The zero-order valence-corrected chi connectivity index (χ0v) is 10.8. The lowest BCUT2D eigenvalue weighted by atomic mass is 10.2. The maximum atomic E-state index is 12.5. The van der Waals surface area contributed by atoms with Crippen LogP contribution in [0, 0.1) is 0 Å². The number of nitrogens with zero attached hydrogens (tertiary/aromatic N) is 1. The number of hydrogen-bond donors (Lipinski definition) is 2. The van der Waals surface area contributed by atoms with Crippen molar-refractivity contribution in [1.82, 2.24) is 9.88 Å². The maximum absolute atomic E-state index is 12.5. The second kappa shape index (κ2) is 6.56. The molecule has 0 radical (unpaired) electrons. The van der Waals surface area contributed by atoms with Crippen LogP contribution < -0.4 is 10.9 Å². The van der Waals surface area contributed by atoms with E-state index in [1.54, 1.807) is 6.92 Å². The fourth-order valence-corrected chi connectivity index (χ4v) is 1.62. The highest BCUT2D eigenvalue weighted by Gasteiger charge is 2.34. The van der Waals surface area contributed by atoms with Crippen LogP contribution >= 0.6 is 0 Å². The number of rotatable bonds is 5. The van der Waals surface area contributed by atoms with Crippen molar-refractivity contribution >= 4 is 5.91 Å². The van der Waals surface area contributed by atoms with E-state index in [1.165, 1.54) is 0 Å². The smallest absolute Gasteiger partial charge is 0.396 e. The van der Waals surface area contributed by atoms with Gasteiger partial charge in [0.2, 0.25) is 5.91 Å². The van der Waals surface area contributed by atoms with Crippen LogP contribution in [0.25, 0.3) is 0 Å². The van der Waals surface area contributed by atoms with Gasteiger partial charge in [-0.3, -0.25) is 9.59 Å². The molecule has 0 aliphatic carbocycles. The third kappa shape index (κ3) is 4.37. The molecule has 1 rings (SSSR count). The molecule has 1 atom stereocenters. The number of carbonyl (C=O) groups is 1. The van der Waals surface area contributed by atoms with Gasteiger partial charge < -0.3 is 15.0 Å². The highest BCUT2D eigenvalue weighted by atomic mass is 19.4. The average Bonchev–Trinajstić information content (AvgIpc) is 2.30. The van der Waals surface area contributed by atoms with Gasteiger partial charge in [-0.1, -0.05) is 0 Å². The monoisotopic (exact) mass is 292 g/mol. The Bertz CT molecular complexity index is 525. The van der Waals surface area contributed by atoms with E-state index in [-0.39, 0.29) is 12.6 Å². The number of pyridine rings is 1. The van der Waals surface area contributed by atoms with E-state index in [0.717, 1.165) is 12.3 Å². The Labute approximate surface area is 113 Å². The van der Waals surface area contributed by atoms with Gasteiger partial charge in [0.1, 0.15) is 12.1 Å². The molecule has 0 unspecified atom stereocenters. The molecule has 0 fully saturated rings. The summed E-state index contributed by atoms with van der Waals surface area (Å²) in [5, 5.41) is 11.2. The van der Waals surface area contributed by atoms with E-state index in [0.29, 0.717) is 17.1 Å². The van der Waals surface area contributed by atoms with E-state index >= 15 is 0 Å². The Hall–Kier alpha value is -1.83. The van der Waals surface area contributed by atoms with Crippen LogP contribution in [-0.4, -0.2) is 28.2 Å². The van der Waals surface area contributed by atoms with Gasteiger partial charge in [-0.25, -0.2) is 0 Å². The first-order valence-electron chi connectivity index (χ1n) is 5.92. The molecule has 2 N–H and O–H groups in total. The summed E-state index contributed by atoms with van der Waals surface area (Å²) in [6, 6.07) is 1.41. The minimum Gasteiger partial charge on any atom is -0.396 e. The lowest BCUT2D eigenvalue weighted by molar-refractivity contribution is -0.139. The molecule has 112 valence electrons. The molecule has 1 heterocycles. The average molecular weight is 292 g/mol. The number of nitrogens with one attached hydrogen (secondary N) is 1. The standard InChI is InChI=1S/C12H15F3N2O3/c1-8(4-6-18)16-10(19)7-17-5-2-3-9(11(17)20)12(13,14)15/h2-3,5,8,18H,4,6-7H2,1H3,(H,16,19)/t8-/m1/s1. The molecule has 0 aromatic carbocycles. The van der Waals surface area contributed by atoms with Gasteiger partial charge in [-0.2, -0.15) is 13.2 Å². The normalized spacial score (nSPS) is 13.1. The van der Waals surface area contributed by atoms with E-state index < -0.39 is 29.8 Å². The van der Waals surface area contributed by atoms with Gasteiger partial charge in [0.05, 0.1) is 0 Å². The molecule has 5 nitrogen and oxygen atoms in total. The van der Waals surface area contributed by atoms with Gasteiger partial charge in [0, 0.05) is 18.8 Å². The van der Waals surface area contributed by atoms with Crippen LogP contribution in [0.1, 0.15) is 18.9 Å². The molecular weight excluding hydrogens is 277 g/mol. The largest absolute Gasteiger partial charge is 0.421 e. The Morgan fingerprint density at radius 3 is 2.70 bits per heavy atom. The number of aliphatic hydroxyl groups is 1. The van der Waals surface area contributed by atoms with Gasteiger partial charge in [0.15, 0.2) is 0 Å². The van der Waals surface area contributed by atoms with Gasteiger partial charge >= 0.3 is 6.18 Å². The van der Waals surface area contributed by atoms with Crippen molar-refractivity contribution < 1.29 is 23.1 Å². The zero-order chi connectivity index (χ0) is 15.3. The summed E-state index contributed by atoms with van der Waals surface area (Å²) in [5.74, 6) is -0.590. The number of alkyl halides is 3. The molecule has 0 bridgehead atoms. The minimum atomic E-state index is -4.75. The second-order valence-corrected chi connectivity index (χ2v) is 4.33. The van der Waals surface area contributed by atoms with Crippen molar-refractivity contribution in [3.05, 3.63) is 34.2 Å². The van der Waals surface area contributed by atoms with Gasteiger partial charge in [0.25, 0.3) is 5.56 Å². The fraction of sp³-hybridized carbons (Fsp3) is 0.500. The number of carbonyl (C=O) groups excluding carboxylic acids is 1. The third-order valence-electron chi connectivity index (χ3n) is 2.61. The van der Waals surface area contributed by atoms with E-state index in [9.17, 15) is 22.8 Å². The highest BCUT2D eigenvalue weighted by molar-refractivity contribution is 5.76. The van der Waals surface area contributed by atoms with Crippen molar-refractivity contribution in [3.63, 3.8) is 0 Å². The van der Waals surface area contributed by atoms with Crippen LogP contribution in [0.5, 0.6) is 0 Å². The first-order valence-corrected chi connectivity index (χ1v) is 5.92. The van der Waals surface area contributed by atoms with E-state index in [2.05, 4.69) is 5.32 Å². The second-order valence-electron chi connectivity index (χ2n) is 4.33.